The highest BCUT2D eigenvalue weighted by atomic mass is 16.4. The molecule has 29 heavy (non-hydrogen) atoms. The second-order valence-corrected chi connectivity index (χ2v) is 7.51. The van der Waals surface area contributed by atoms with Gasteiger partial charge in [0.25, 0.3) is 0 Å². The molecule has 2 aromatic heterocycles. The lowest BCUT2D eigenvalue weighted by molar-refractivity contribution is -0.137. The van der Waals surface area contributed by atoms with Crippen LogP contribution in [0.25, 0.3) is 27.2 Å². The number of fused-ring (bicyclic) bond motifs is 3. The average Bonchev–Trinajstić information content (AvgIpc) is 3.12. The van der Waals surface area contributed by atoms with E-state index < -0.39 is 5.97 Å². The van der Waals surface area contributed by atoms with Gasteiger partial charge in [0, 0.05) is 12.4 Å². The van der Waals surface area contributed by atoms with Gasteiger partial charge in [0.2, 0.25) is 0 Å². The summed E-state index contributed by atoms with van der Waals surface area (Å²) in [6, 6.07) is 24.6. The lowest BCUT2D eigenvalue weighted by atomic mass is 9.90. The highest BCUT2D eigenvalue weighted by Gasteiger charge is 2.18. The number of carboxylic acids is 1. The fourth-order valence-corrected chi connectivity index (χ4v) is 4.05. The zero-order valence-electron chi connectivity index (χ0n) is 15.8. The third-order valence-corrected chi connectivity index (χ3v) is 5.49. The van der Waals surface area contributed by atoms with Gasteiger partial charge in [-0.05, 0) is 45.5 Å². The minimum absolute atomic E-state index is 0.0776. The topological polar surface area (TPSA) is 54.6 Å². The summed E-state index contributed by atoms with van der Waals surface area (Å²) in [5.74, 6) is -0.922. The third kappa shape index (κ3) is 3.45. The van der Waals surface area contributed by atoms with Crippen molar-refractivity contribution < 1.29 is 9.90 Å². The SMILES string of the molecule is O=C(O)CC(Cc1cn2cc3ccccc3cc2n1)c1ccc2ccccc2c1. The molecule has 0 saturated heterocycles. The van der Waals surface area contributed by atoms with E-state index in [4.69, 9.17) is 4.98 Å². The number of benzene rings is 3. The number of rotatable bonds is 5. The molecule has 5 rings (SSSR count). The van der Waals surface area contributed by atoms with E-state index in [0.29, 0.717) is 6.42 Å². The standard InChI is InChI=1S/C25H20N2O2/c28-25(29)14-22(20-10-9-17-5-1-2-6-18(17)11-20)12-23-16-27-15-21-8-4-3-7-19(21)13-24(27)26-23/h1-11,13,15-16,22H,12,14H2,(H,28,29). The van der Waals surface area contributed by atoms with Gasteiger partial charge in [-0.3, -0.25) is 4.79 Å². The van der Waals surface area contributed by atoms with E-state index in [1.165, 1.54) is 0 Å². The third-order valence-electron chi connectivity index (χ3n) is 5.49. The summed E-state index contributed by atoms with van der Waals surface area (Å²) in [6.45, 7) is 0. The summed E-state index contributed by atoms with van der Waals surface area (Å²) in [4.78, 5) is 16.3. The van der Waals surface area contributed by atoms with E-state index in [9.17, 15) is 9.90 Å². The molecule has 1 unspecified atom stereocenters. The van der Waals surface area contributed by atoms with Crippen molar-refractivity contribution >= 4 is 33.2 Å². The van der Waals surface area contributed by atoms with Crippen LogP contribution in [0, 0.1) is 0 Å². The zero-order chi connectivity index (χ0) is 19.8. The van der Waals surface area contributed by atoms with Crippen LogP contribution in [0.2, 0.25) is 0 Å². The number of carboxylic acid groups (broad SMARTS) is 1. The molecule has 0 aliphatic rings. The highest BCUT2D eigenvalue weighted by molar-refractivity contribution is 5.85. The quantitative estimate of drug-likeness (QED) is 0.442. The molecule has 142 valence electrons. The maximum absolute atomic E-state index is 11.5. The van der Waals surface area contributed by atoms with Crippen molar-refractivity contribution in [3.8, 4) is 0 Å². The molecular weight excluding hydrogens is 360 g/mol. The Morgan fingerprint density at radius 1 is 0.862 bits per heavy atom. The van der Waals surface area contributed by atoms with Crippen molar-refractivity contribution in [2.45, 2.75) is 18.8 Å². The largest absolute Gasteiger partial charge is 0.481 e. The molecule has 0 spiro atoms. The van der Waals surface area contributed by atoms with Gasteiger partial charge in [-0.15, -0.1) is 0 Å². The summed E-state index contributed by atoms with van der Waals surface area (Å²) in [7, 11) is 0. The van der Waals surface area contributed by atoms with Crippen LogP contribution < -0.4 is 0 Å². The number of pyridine rings is 1. The van der Waals surface area contributed by atoms with E-state index in [1.54, 1.807) is 0 Å². The molecule has 5 aromatic rings. The molecule has 0 radical (unpaired) electrons. The maximum atomic E-state index is 11.5. The Balaban J connectivity index is 1.52. The van der Waals surface area contributed by atoms with Crippen molar-refractivity contribution in [3.63, 3.8) is 0 Å². The van der Waals surface area contributed by atoms with Gasteiger partial charge < -0.3 is 9.51 Å². The summed E-state index contributed by atoms with van der Waals surface area (Å²) >= 11 is 0. The van der Waals surface area contributed by atoms with Crippen LogP contribution >= 0.6 is 0 Å². The van der Waals surface area contributed by atoms with Gasteiger partial charge in [0.15, 0.2) is 0 Å². The fraction of sp³-hybridized carbons (Fsp3) is 0.120. The van der Waals surface area contributed by atoms with Gasteiger partial charge >= 0.3 is 5.97 Å². The number of nitrogens with zero attached hydrogens (tertiary/aromatic N) is 2. The smallest absolute Gasteiger partial charge is 0.303 e. The van der Waals surface area contributed by atoms with Crippen LogP contribution in [0.15, 0.2) is 85.2 Å². The van der Waals surface area contributed by atoms with Gasteiger partial charge in [-0.25, -0.2) is 4.98 Å². The number of hydrogen-bond donors (Lipinski definition) is 1. The van der Waals surface area contributed by atoms with Crippen LogP contribution in [0.5, 0.6) is 0 Å². The maximum Gasteiger partial charge on any atom is 0.303 e. The first-order valence-corrected chi connectivity index (χ1v) is 9.72. The predicted molar refractivity (Wildman–Crippen MR) is 115 cm³/mol. The number of imidazole rings is 1. The first-order chi connectivity index (χ1) is 14.2. The van der Waals surface area contributed by atoms with E-state index in [0.717, 1.165) is 38.4 Å². The molecule has 0 amide bonds. The van der Waals surface area contributed by atoms with Crippen molar-refractivity contribution in [3.05, 3.63) is 96.4 Å². The molecule has 1 N–H and O–H groups in total. The van der Waals surface area contributed by atoms with Gasteiger partial charge in [-0.1, -0.05) is 66.7 Å². The van der Waals surface area contributed by atoms with Crippen molar-refractivity contribution in [1.82, 2.24) is 9.38 Å². The van der Waals surface area contributed by atoms with E-state index in [-0.39, 0.29) is 12.3 Å². The van der Waals surface area contributed by atoms with E-state index in [2.05, 4.69) is 48.7 Å². The summed E-state index contributed by atoms with van der Waals surface area (Å²) in [6.07, 6.45) is 4.75. The minimum Gasteiger partial charge on any atom is -0.481 e. The average molecular weight is 380 g/mol. The van der Waals surface area contributed by atoms with Gasteiger partial charge in [0.1, 0.15) is 5.65 Å². The van der Waals surface area contributed by atoms with E-state index in [1.807, 2.05) is 40.9 Å². The number of hydrogen-bond acceptors (Lipinski definition) is 2. The van der Waals surface area contributed by atoms with Crippen molar-refractivity contribution in [2.75, 3.05) is 0 Å². The van der Waals surface area contributed by atoms with Crippen LogP contribution in [0.3, 0.4) is 0 Å². The molecular formula is C25H20N2O2. The highest BCUT2D eigenvalue weighted by Crippen LogP contribution is 2.28. The first-order valence-electron chi connectivity index (χ1n) is 9.72. The van der Waals surface area contributed by atoms with Crippen LogP contribution in [0.1, 0.15) is 23.6 Å². The molecule has 1 atom stereocenters. The Kier molecular flexibility index (Phi) is 4.24. The van der Waals surface area contributed by atoms with Crippen molar-refractivity contribution in [2.24, 2.45) is 0 Å². The lowest BCUT2D eigenvalue weighted by Gasteiger charge is -2.15. The molecule has 0 saturated carbocycles. The number of aliphatic carboxylic acids is 1. The monoisotopic (exact) mass is 380 g/mol. The summed E-state index contributed by atoms with van der Waals surface area (Å²) in [5, 5.41) is 14.1. The summed E-state index contributed by atoms with van der Waals surface area (Å²) in [5.41, 5.74) is 2.82. The van der Waals surface area contributed by atoms with E-state index >= 15 is 0 Å². The molecule has 3 aromatic carbocycles. The summed E-state index contributed by atoms with van der Waals surface area (Å²) < 4.78 is 2.02. The molecule has 0 fully saturated rings. The minimum atomic E-state index is -0.794. The number of carbonyl (C=O) groups is 1. The van der Waals surface area contributed by atoms with Crippen LogP contribution in [-0.2, 0) is 11.2 Å². The molecule has 2 heterocycles. The Morgan fingerprint density at radius 2 is 1.55 bits per heavy atom. The van der Waals surface area contributed by atoms with Crippen LogP contribution in [-0.4, -0.2) is 20.5 Å². The second-order valence-electron chi connectivity index (χ2n) is 7.51. The number of aromatic nitrogens is 2. The van der Waals surface area contributed by atoms with Gasteiger partial charge in [-0.2, -0.15) is 0 Å². The van der Waals surface area contributed by atoms with Crippen LogP contribution in [0.4, 0.5) is 0 Å². The van der Waals surface area contributed by atoms with Gasteiger partial charge in [0.05, 0.1) is 12.1 Å². The normalized spacial score (nSPS) is 12.6. The zero-order valence-corrected chi connectivity index (χ0v) is 15.8. The Bertz CT molecular complexity index is 1300. The first kappa shape index (κ1) is 17.4. The Morgan fingerprint density at radius 3 is 2.31 bits per heavy atom. The molecule has 0 aliphatic carbocycles. The van der Waals surface area contributed by atoms with Crippen molar-refractivity contribution in [1.29, 1.82) is 0 Å². The molecule has 0 bridgehead atoms. The second kappa shape index (κ2) is 7.06. The predicted octanol–water partition coefficient (Wildman–Crippen LogP) is 5.44. The lowest BCUT2D eigenvalue weighted by Crippen LogP contribution is -2.09. The molecule has 0 aliphatic heterocycles. The Hall–Kier alpha value is -3.66. The molecule has 4 heteroatoms. The Labute approximate surface area is 168 Å². The molecule has 4 nitrogen and oxygen atoms in total. The fourth-order valence-electron chi connectivity index (χ4n) is 4.05.